The molecule has 2 saturated heterocycles. The van der Waals surface area contributed by atoms with Crippen molar-refractivity contribution < 1.29 is 4.74 Å². The van der Waals surface area contributed by atoms with Crippen molar-refractivity contribution in [3.63, 3.8) is 0 Å². The summed E-state index contributed by atoms with van der Waals surface area (Å²) >= 11 is 0. The van der Waals surface area contributed by atoms with Gasteiger partial charge in [-0.05, 0) is 30.7 Å². The summed E-state index contributed by atoms with van der Waals surface area (Å²) in [6, 6.07) is 10.6. The maximum absolute atomic E-state index is 12.8. The van der Waals surface area contributed by atoms with E-state index in [1.807, 2.05) is 0 Å². The Morgan fingerprint density at radius 1 is 1.17 bits per heavy atom. The summed E-state index contributed by atoms with van der Waals surface area (Å²) in [4.78, 5) is 22.9. The number of H-pyrrole nitrogens is 1. The third kappa shape index (κ3) is 3.79. The van der Waals surface area contributed by atoms with Gasteiger partial charge >= 0.3 is 0 Å². The van der Waals surface area contributed by atoms with Gasteiger partial charge in [0, 0.05) is 44.7 Å². The van der Waals surface area contributed by atoms with Crippen molar-refractivity contribution in [2.24, 2.45) is 5.92 Å². The minimum Gasteiger partial charge on any atom is -0.381 e. The lowest BCUT2D eigenvalue weighted by Crippen LogP contribution is -2.25. The van der Waals surface area contributed by atoms with Crippen molar-refractivity contribution in [3.8, 4) is 0 Å². The van der Waals surface area contributed by atoms with Crippen LogP contribution in [-0.2, 0) is 11.2 Å². The Kier molecular flexibility index (Phi) is 5.39. The summed E-state index contributed by atoms with van der Waals surface area (Å²) < 4.78 is 7.28. The highest BCUT2D eigenvalue weighted by Gasteiger charge is 2.33. The molecule has 0 bridgehead atoms. The molecule has 2 fully saturated rings. The molecular formula is C23H29N5O2. The van der Waals surface area contributed by atoms with E-state index in [1.54, 1.807) is 10.7 Å². The summed E-state index contributed by atoms with van der Waals surface area (Å²) in [7, 11) is 0. The average molecular weight is 408 g/mol. The first-order valence-electron chi connectivity index (χ1n) is 11.0. The largest absolute Gasteiger partial charge is 0.381 e. The molecule has 0 aliphatic carbocycles. The van der Waals surface area contributed by atoms with Gasteiger partial charge in [-0.3, -0.25) is 4.79 Å². The molecule has 0 saturated carbocycles. The van der Waals surface area contributed by atoms with Crippen LogP contribution in [0, 0.1) is 5.92 Å². The monoisotopic (exact) mass is 407 g/mol. The van der Waals surface area contributed by atoms with Crippen LogP contribution in [0.15, 0.2) is 41.3 Å². The highest BCUT2D eigenvalue weighted by atomic mass is 16.5. The lowest BCUT2D eigenvalue weighted by molar-refractivity contribution is 0.0832. The highest BCUT2D eigenvalue weighted by molar-refractivity contribution is 5.42. The van der Waals surface area contributed by atoms with E-state index in [0.717, 1.165) is 63.8 Å². The van der Waals surface area contributed by atoms with E-state index in [1.165, 1.54) is 5.56 Å². The van der Waals surface area contributed by atoms with Gasteiger partial charge < -0.3 is 14.6 Å². The second-order valence-corrected chi connectivity index (χ2v) is 8.72. The first kappa shape index (κ1) is 19.5. The Labute approximate surface area is 176 Å². The number of likely N-dealkylation sites (tertiary alicyclic amines) is 1. The number of aromatic nitrogens is 4. The Balaban J connectivity index is 1.36. The van der Waals surface area contributed by atoms with Crippen molar-refractivity contribution >= 4 is 5.52 Å². The van der Waals surface area contributed by atoms with Crippen LogP contribution in [0.4, 0.5) is 0 Å². The van der Waals surface area contributed by atoms with E-state index in [2.05, 4.69) is 52.1 Å². The highest BCUT2D eigenvalue weighted by Crippen LogP contribution is 2.31. The van der Waals surface area contributed by atoms with Gasteiger partial charge in [0.2, 0.25) is 0 Å². The number of hydrogen-bond acceptors (Lipinski definition) is 5. The second kappa shape index (κ2) is 8.32. The molecule has 3 aromatic rings. The molecule has 7 heteroatoms. The Morgan fingerprint density at radius 2 is 1.97 bits per heavy atom. The molecule has 0 radical (unpaired) electrons. The van der Waals surface area contributed by atoms with Crippen LogP contribution in [0.25, 0.3) is 5.52 Å². The SMILES string of the molecule is CC1CN(CCc2ccccc2)CC1c1nn2c(C3CCOCC3)ncc2c(=O)[nH]1. The van der Waals surface area contributed by atoms with E-state index in [9.17, 15) is 4.79 Å². The van der Waals surface area contributed by atoms with Crippen LogP contribution in [0.1, 0.15) is 48.8 Å². The zero-order valence-corrected chi connectivity index (χ0v) is 17.5. The first-order valence-corrected chi connectivity index (χ1v) is 11.0. The Morgan fingerprint density at radius 3 is 2.77 bits per heavy atom. The molecule has 1 aromatic carbocycles. The van der Waals surface area contributed by atoms with E-state index < -0.39 is 0 Å². The summed E-state index contributed by atoms with van der Waals surface area (Å²) in [6.45, 7) is 6.71. The van der Waals surface area contributed by atoms with Crippen LogP contribution >= 0.6 is 0 Å². The molecule has 1 N–H and O–H groups in total. The molecule has 7 nitrogen and oxygen atoms in total. The third-order valence-corrected chi connectivity index (χ3v) is 6.63. The molecule has 2 aliphatic rings. The van der Waals surface area contributed by atoms with Gasteiger partial charge in [-0.2, -0.15) is 5.10 Å². The fourth-order valence-electron chi connectivity index (χ4n) is 4.87. The van der Waals surface area contributed by atoms with Gasteiger partial charge in [-0.1, -0.05) is 37.3 Å². The van der Waals surface area contributed by atoms with Gasteiger partial charge in [-0.15, -0.1) is 0 Å². The van der Waals surface area contributed by atoms with Crippen molar-refractivity contribution in [2.45, 2.75) is 38.0 Å². The zero-order chi connectivity index (χ0) is 20.5. The Bertz CT molecular complexity index is 1050. The molecule has 0 amide bonds. The molecule has 158 valence electrons. The average Bonchev–Trinajstić information content (AvgIpc) is 3.37. The minimum atomic E-state index is -0.0965. The van der Waals surface area contributed by atoms with E-state index >= 15 is 0 Å². The molecule has 0 spiro atoms. The fourth-order valence-corrected chi connectivity index (χ4v) is 4.87. The summed E-state index contributed by atoms with van der Waals surface area (Å²) in [6.07, 6.45) is 4.55. The predicted octanol–water partition coefficient (Wildman–Crippen LogP) is 2.59. The van der Waals surface area contributed by atoms with E-state index in [0.29, 0.717) is 17.4 Å². The zero-order valence-electron chi connectivity index (χ0n) is 17.5. The van der Waals surface area contributed by atoms with Crippen LogP contribution in [0.3, 0.4) is 0 Å². The van der Waals surface area contributed by atoms with E-state index in [-0.39, 0.29) is 11.5 Å². The molecule has 2 aromatic heterocycles. The van der Waals surface area contributed by atoms with Crippen LogP contribution in [0.2, 0.25) is 0 Å². The van der Waals surface area contributed by atoms with Crippen LogP contribution < -0.4 is 5.56 Å². The van der Waals surface area contributed by atoms with Crippen molar-refractivity contribution in [3.05, 3.63) is 64.1 Å². The molecular weight excluding hydrogens is 378 g/mol. The summed E-state index contributed by atoms with van der Waals surface area (Å²) in [5, 5.41) is 4.89. The van der Waals surface area contributed by atoms with Gasteiger partial charge in [0.25, 0.3) is 5.56 Å². The number of fused-ring (bicyclic) bond motifs is 1. The number of ether oxygens (including phenoxy) is 1. The first-order chi connectivity index (χ1) is 14.7. The molecule has 2 unspecified atom stereocenters. The van der Waals surface area contributed by atoms with Crippen molar-refractivity contribution in [2.75, 3.05) is 32.8 Å². The smallest absolute Gasteiger partial charge is 0.276 e. The van der Waals surface area contributed by atoms with Gasteiger partial charge in [0.1, 0.15) is 11.6 Å². The number of benzene rings is 1. The fraction of sp³-hybridized carbons (Fsp3) is 0.522. The number of imidazole rings is 1. The maximum atomic E-state index is 12.8. The quantitative estimate of drug-likeness (QED) is 0.704. The maximum Gasteiger partial charge on any atom is 0.276 e. The molecule has 30 heavy (non-hydrogen) atoms. The predicted molar refractivity (Wildman–Crippen MR) is 115 cm³/mol. The molecule has 5 rings (SSSR count). The van der Waals surface area contributed by atoms with Crippen LogP contribution in [-0.4, -0.2) is 57.3 Å². The Hall–Kier alpha value is -2.51. The number of hydrogen-bond donors (Lipinski definition) is 1. The van der Waals surface area contributed by atoms with Crippen molar-refractivity contribution in [1.82, 2.24) is 24.5 Å². The van der Waals surface area contributed by atoms with Crippen LogP contribution in [0.5, 0.6) is 0 Å². The van der Waals surface area contributed by atoms with E-state index in [4.69, 9.17) is 9.84 Å². The van der Waals surface area contributed by atoms with Gasteiger partial charge in [0.15, 0.2) is 5.52 Å². The summed E-state index contributed by atoms with van der Waals surface area (Å²) in [5.41, 5.74) is 1.80. The molecule has 2 aliphatic heterocycles. The number of aromatic amines is 1. The normalized spacial score (nSPS) is 23.4. The minimum absolute atomic E-state index is 0.0965. The lowest BCUT2D eigenvalue weighted by Gasteiger charge is -2.21. The standard InChI is InChI=1S/C23H29N5O2/c1-16-14-27(10-7-17-5-3-2-4-6-17)15-19(16)21-25-23(29)20-13-24-22(28(20)26-21)18-8-11-30-12-9-18/h2-6,13,16,18-19H,7-12,14-15H2,1H3,(H,25,26,29). The lowest BCUT2D eigenvalue weighted by atomic mass is 9.97. The van der Waals surface area contributed by atoms with Gasteiger partial charge in [0.05, 0.1) is 6.20 Å². The third-order valence-electron chi connectivity index (χ3n) is 6.63. The topological polar surface area (TPSA) is 75.5 Å². The summed E-state index contributed by atoms with van der Waals surface area (Å²) in [5.74, 6) is 2.65. The number of rotatable bonds is 5. The second-order valence-electron chi connectivity index (χ2n) is 8.72. The molecule has 4 heterocycles. The van der Waals surface area contributed by atoms with Gasteiger partial charge in [-0.25, -0.2) is 9.50 Å². The number of nitrogens with one attached hydrogen (secondary N) is 1. The van der Waals surface area contributed by atoms with Crippen molar-refractivity contribution in [1.29, 1.82) is 0 Å². The molecule has 2 atom stereocenters. The number of nitrogens with zero attached hydrogens (tertiary/aromatic N) is 4.